The van der Waals surface area contributed by atoms with Crippen LogP contribution in [0.2, 0.25) is 0 Å². The molecule has 1 atom stereocenters. The largest absolute Gasteiger partial charge is 0.480 e. The Morgan fingerprint density at radius 1 is 0.909 bits per heavy atom. The van der Waals surface area contributed by atoms with Gasteiger partial charge in [0.05, 0.1) is 0 Å². The van der Waals surface area contributed by atoms with Crippen LogP contribution in [0, 0.1) is 0 Å². The summed E-state index contributed by atoms with van der Waals surface area (Å²) in [5.74, 6) is -0.831. The monoisotopic (exact) mass is 453 g/mol. The molecule has 0 fully saturated rings. The zero-order valence-corrected chi connectivity index (χ0v) is 20.3. The number of urea groups is 1. The van der Waals surface area contributed by atoms with Crippen LogP contribution in [0.15, 0.2) is 48.5 Å². The first-order chi connectivity index (χ1) is 16.0. The van der Waals surface area contributed by atoms with Crippen LogP contribution in [0.5, 0.6) is 0 Å². The van der Waals surface area contributed by atoms with Gasteiger partial charge in [-0.2, -0.15) is 0 Å². The number of carboxylic acid groups (broad SMARTS) is 1. The van der Waals surface area contributed by atoms with Gasteiger partial charge in [-0.3, -0.25) is 9.69 Å². The molecule has 1 unspecified atom stereocenters. The molecule has 33 heavy (non-hydrogen) atoms. The summed E-state index contributed by atoms with van der Waals surface area (Å²) in [6.07, 6.45) is 7.16. The van der Waals surface area contributed by atoms with Gasteiger partial charge in [0.15, 0.2) is 0 Å². The van der Waals surface area contributed by atoms with Crippen molar-refractivity contribution in [2.24, 2.45) is 0 Å². The van der Waals surface area contributed by atoms with E-state index in [1.54, 1.807) is 11.9 Å². The molecule has 0 saturated heterocycles. The molecule has 2 aromatic rings. The zero-order valence-electron chi connectivity index (χ0n) is 20.3. The summed E-state index contributed by atoms with van der Waals surface area (Å²) in [6.45, 7) is 5.59. The molecule has 2 rings (SSSR count). The molecule has 0 heterocycles. The topological polar surface area (TPSA) is 81.7 Å². The number of carbonyl (C=O) groups excluding carboxylic acids is 1. The number of carboxylic acids is 1. The molecule has 2 aromatic carbocycles. The Kier molecular flexibility index (Phi) is 11.5. The number of anilines is 1. The minimum absolute atomic E-state index is 0.0997. The molecule has 0 radical (unpaired) electrons. The third-order valence-corrected chi connectivity index (χ3v) is 5.76. The Balaban J connectivity index is 1.97. The third kappa shape index (κ3) is 8.89. The number of benzene rings is 2. The predicted molar refractivity (Wildman–Crippen MR) is 136 cm³/mol. The maximum atomic E-state index is 12.5. The Bertz CT molecular complexity index is 867. The molecular weight excluding hydrogens is 414 g/mol. The highest BCUT2D eigenvalue weighted by atomic mass is 16.4. The number of unbranched alkanes of at least 4 members (excludes halogenated alkanes) is 4. The lowest BCUT2D eigenvalue weighted by atomic mass is 10.00. The van der Waals surface area contributed by atoms with Crippen molar-refractivity contribution in [2.45, 2.75) is 64.8 Å². The van der Waals surface area contributed by atoms with E-state index in [1.807, 2.05) is 55.5 Å². The summed E-state index contributed by atoms with van der Waals surface area (Å²) in [4.78, 5) is 25.6. The second-order valence-electron chi connectivity index (χ2n) is 8.50. The standard InChI is InChI=1S/C27H39N3O3/c1-4-6-7-8-9-18-29-27(33)30(3)24-12-10-11-23(20-24)22-15-13-21(14-16-22)19-25(26(31)32)28-17-5-2/h10-16,20,25,28H,4-9,17-19H2,1-3H3,(H,29,33)(H,31,32). The fourth-order valence-electron chi connectivity index (χ4n) is 3.69. The normalized spacial score (nSPS) is 11.7. The molecule has 2 amide bonds. The van der Waals surface area contributed by atoms with Gasteiger partial charge in [0.1, 0.15) is 6.04 Å². The predicted octanol–water partition coefficient (Wildman–Crippen LogP) is 5.47. The Labute approximate surface area is 198 Å². The summed E-state index contributed by atoms with van der Waals surface area (Å²) in [5.41, 5.74) is 3.84. The van der Waals surface area contributed by atoms with Crippen LogP contribution < -0.4 is 15.5 Å². The summed E-state index contributed by atoms with van der Waals surface area (Å²) in [6, 6.07) is 15.2. The molecule has 0 saturated carbocycles. The highest BCUT2D eigenvalue weighted by Crippen LogP contribution is 2.25. The van der Waals surface area contributed by atoms with Crippen molar-refractivity contribution in [3.8, 4) is 11.1 Å². The zero-order chi connectivity index (χ0) is 24.1. The number of nitrogens with one attached hydrogen (secondary N) is 2. The lowest BCUT2D eigenvalue weighted by molar-refractivity contribution is -0.139. The van der Waals surface area contributed by atoms with E-state index in [9.17, 15) is 14.7 Å². The van der Waals surface area contributed by atoms with Crippen molar-refractivity contribution in [3.63, 3.8) is 0 Å². The number of hydrogen-bond donors (Lipinski definition) is 3. The molecule has 3 N–H and O–H groups in total. The smallest absolute Gasteiger partial charge is 0.321 e. The van der Waals surface area contributed by atoms with Gasteiger partial charge < -0.3 is 15.7 Å². The highest BCUT2D eigenvalue weighted by Gasteiger charge is 2.17. The Morgan fingerprint density at radius 3 is 2.30 bits per heavy atom. The van der Waals surface area contributed by atoms with E-state index in [2.05, 4.69) is 17.6 Å². The first kappa shape index (κ1) is 26.4. The van der Waals surface area contributed by atoms with Crippen LogP contribution in [0.4, 0.5) is 10.5 Å². The van der Waals surface area contributed by atoms with Crippen LogP contribution in [0.1, 0.15) is 57.9 Å². The molecule has 6 nitrogen and oxygen atoms in total. The van der Waals surface area contributed by atoms with E-state index in [4.69, 9.17) is 0 Å². The van der Waals surface area contributed by atoms with Gasteiger partial charge in [-0.25, -0.2) is 4.79 Å². The average Bonchev–Trinajstić information content (AvgIpc) is 2.83. The van der Waals surface area contributed by atoms with E-state index in [1.165, 1.54) is 19.3 Å². The number of amides is 2. The lowest BCUT2D eigenvalue weighted by Crippen LogP contribution is -2.38. The minimum atomic E-state index is -0.831. The van der Waals surface area contributed by atoms with Crippen LogP contribution >= 0.6 is 0 Å². The van der Waals surface area contributed by atoms with Gasteiger partial charge in [-0.1, -0.05) is 75.9 Å². The number of hydrogen-bond acceptors (Lipinski definition) is 3. The van der Waals surface area contributed by atoms with Crippen molar-refractivity contribution in [3.05, 3.63) is 54.1 Å². The first-order valence-corrected chi connectivity index (χ1v) is 12.1. The van der Waals surface area contributed by atoms with Gasteiger partial charge >= 0.3 is 12.0 Å². The molecule has 0 bridgehead atoms. The van der Waals surface area contributed by atoms with Gasteiger partial charge in [0.25, 0.3) is 0 Å². The summed E-state index contributed by atoms with van der Waals surface area (Å²) < 4.78 is 0. The first-order valence-electron chi connectivity index (χ1n) is 12.1. The van der Waals surface area contributed by atoms with Crippen LogP contribution in [-0.2, 0) is 11.2 Å². The third-order valence-electron chi connectivity index (χ3n) is 5.76. The Hall–Kier alpha value is -2.86. The average molecular weight is 454 g/mol. The molecule has 0 aliphatic heterocycles. The number of carbonyl (C=O) groups is 2. The van der Waals surface area contributed by atoms with E-state index in [0.29, 0.717) is 19.5 Å². The molecule has 0 spiro atoms. The van der Waals surface area contributed by atoms with Crippen molar-refractivity contribution >= 4 is 17.7 Å². The maximum Gasteiger partial charge on any atom is 0.321 e. The molecule has 6 heteroatoms. The minimum Gasteiger partial charge on any atom is -0.480 e. The van der Waals surface area contributed by atoms with E-state index >= 15 is 0 Å². The fraction of sp³-hybridized carbons (Fsp3) is 0.481. The Morgan fingerprint density at radius 2 is 1.64 bits per heavy atom. The van der Waals surface area contributed by atoms with Crippen LogP contribution in [-0.4, -0.2) is 43.3 Å². The molecular formula is C27H39N3O3. The summed E-state index contributed by atoms with van der Waals surface area (Å²) in [7, 11) is 1.78. The summed E-state index contributed by atoms with van der Waals surface area (Å²) >= 11 is 0. The molecule has 180 valence electrons. The lowest BCUT2D eigenvalue weighted by Gasteiger charge is -2.19. The van der Waals surface area contributed by atoms with Crippen molar-refractivity contribution in [1.29, 1.82) is 0 Å². The molecule has 0 aliphatic carbocycles. The summed E-state index contributed by atoms with van der Waals surface area (Å²) in [5, 5.41) is 15.5. The fourth-order valence-corrected chi connectivity index (χ4v) is 3.69. The molecule has 0 aromatic heterocycles. The number of nitrogens with zero attached hydrogens (tertiary/aromatic N) is 1. The van der Waals surface area contributed by atoms with Crippen LogP contribution in [0.3, 0.4) is 0 Å². The molecule has 0 aliphatic rings. The van der Waals surface area contributed by atoms with Crippen molar-refractivity contribution < 1.29 is 14.7 Å². The second-order valence-corrected chi connectivity index (χ2v) is 8.50. The van der Waals surface area contributed by atoms with E-state index in [0.717, 1.165) is 41.6 Å². The second kappa shape index (κ2) is 14.3. The SMILES string of the molecule is CCCCCCCNC(=O)N(C)c1cccc(-c2ccc(CC(NCCC)C(=O)O)cc2)c1. The van der Waals surface area contributed by atoms with Gasteiger partial charge in [0, 0.05) is 19.3 Å². The maximum absolute atomic E-state index is 12.5. The number of aliphatic carboxylic acids is 1. The van der Waals surface area contributed by atoms with Gasteiger partial charge in [-0.15, -0.1) is 0 Å². The van der Waals surface area contributed by atoms with E-state index < -0.39 is 12.0 Å². The van der Waals surface area contributed by atoms with Crippen LogP contribution in [0.25, 0.3) is 11.1 Å². The quantitative estimate of drug-likeness (QED) is 0.332. The van der Waals surface area contributed by atoms with Crippen molar-refractivity contribution in [1.82, 2.24) is 10.6 Å². The van der Waals surface area contributed by atoms with Gasteiger partial charge in [0.2, 0.25) is 0 Å². The van der Waals surface area contributed by atoms with Crippen molar-refractivity contribution in [2.75, 3.05) is 25.0 Å². The number of rotatable bonds is 14. The van der Waals surface area contributed by atoms with Gasteiger partial charge in [-0.05, 0) is 54.6 Å². The highest BCUT2D eigenvalue weighted by molar-refractivity contribution is 5.92. The van der Waals surface area contributed by atoms with E-state index in [-0.39, 0.29) is 6.03 Å².